The van der Waals surface area contributed by atoms with Crippen LogP contribution in [0.4, 0.5) is 16.2 Å². The minimum atomic E-state index is -0.525. The second-order valence-corrected chi connectivity index (χ2v) is 6.57. The minimum absolute atomic E-state index is 0.491. The van der Waals surface area contributed by atoms with E-state index in [0.717, 1.165) is 17.3 Å². The van der Waals surface area contributed by atoms with Crippen LogP contribution in [0.15, 0.2) is 84.9 Å². The van der Waals surface area contributed by atoms with Crippen molar-refractivity contribution in [2.45, 2.75) is 13.0 Å². The second kappa shape index (κ2) is 7.88. The SMILES string of the molecule is Nc1ccc2c(c1)cc(OC(=O)Nc1ccccc1)n2CCc1ccccc1. The zero-order valence-corrected chi connectivity index (χ0v) is 15.3. The van der Waals surface area contributed by atoms with Gasteiger partial charge in [-0.2, -0.15) is 0 Å². The van der Waals surface area contributed by atoms with Crippen LogP contribution in [0.25, 0.3) is 10.9 Å². The highest BCUT2D eigenvalue weighted by Crippen LogP contribution is 2.28. The predicted molar refractivity (Wildman–Crippen MR) is 113 cm³/mol. The molecule has 0 fully saturated rings. The van der Waals surface area contributed by atoms with Gasteiger partial charge in [0.25, 0.3) is 0 Å². The number of ether oxygens (including phenoxy) is 1. The Hall–Kier alpha value is -3.73. The first kappa shape index (κ1) is 17.7. The van der Waals surface area contributed by atoms with Crippen LogP contribution in [0.1, 0.15) is 5.56 Å². The van der Waals surface area contributed by atoms with Crippen molar-refractivity contribution in [1.29, 1.82) is 0 Å². The zero-order valence-electron chi connectivity index (χ0n) is 15.3. The first-order chi connectivity index (χ1) is 13.7. The fourth-order valence-electron chi connectivity index (χ4n) is 3.22. The van der Waals surface area contributed by atoms with Crippen molar-refractivity contribution in [2.24, 2.45) is 0 Å². The molecule has 4 aromatic rings. The molecule has 3 aromatic carbocycles. The van der Waals surface area contributed by atoms with Crippen molar-refractivity contribution in [2.75, 3.05) is 11.1 Å². The molecule has 0 spiro atoms. The number of fused-ring (bicyclic) bond motifs is 1. The highest BCUT2D eigenvalue weighted by Gasteiger charge is 2.14. The first-order valence-corrected chi connectivity index (χ1v) is 9.15. The van der Waals surface area contributed by atoms with Crippen LogP contribution in [-0.2, 0) is 13.0 Å². The number of benzene rings is 3. The van der Waals surface area contributed by atoms with E-state index in [2.05, 4.69) is 17.4 Å². The molecule has 28 heavy (non-hydrogen) atoms. The van der Waals surface area contributed by atoms with Crippen molar-refractivity contribution in [1.82, 2.24) is 4.57 Å². The summed E-state index contributed by atoms with van der Waals surface area (Å²) in [5.41, 5.74) is 9.48. The van der Waals surface area contributed by atoms with Gasteiger partial charge in [0, 0.05) is 29.4 Å². The van der Waals surface area contributed by atoms with Crippen LogP contribution < -0.4 is 15.8 Å². The fourth-order valence-corrected chi connectivity index (χ4v) is 3.22. The number of aromatic nitrogens is 1. The lowest BCUT2D eigenvalue weighted by molar-refractivity contribution is 0.211. The van der Waals surface area contributed by atoms with Crippen molar-refractivity contribution in [3.05, 3.63) is 90.5 Å². The van der Waals surface area contributed by atoms with Crippen LogP contribution in [-0.4, -0.2) is 10.7 Å². The number of amides is 1. The van der Waals surface area contributed by atoms with Gasteiger partial charge in [-0.05, 0) is 42.3 Å². The highest BCUT2D eigenvalue weighted by atomic mass is 16.6. The van der Waals surface area contributed by atoms with E-state index < -0.39 is 6.09 Å². The van der Waals surface area contributed by atoms with E-state index in [1.54, 1.807) is 0 Å². The molecule has 0 saturated heterocycles. The topological polar surface area (TPSA) is 69.3 Å². The molecule has 1 aromatic heterocycles. The third-order valence-electron chi connectivity index (χ3n) is 4.57. The highest BCUT2D eigenvalue weighted by molar-refractivity contribution is 5.89. The van der Waals surface area contributed by atoms with E-state index in [1.165, 1.54) is 5.56 Å². The number of nitrogen functional groups attached to an aromatic ring is 1. The number of aryl methyl sites for hydroxylation is 2. The molecule has 0 saturated carbocycles. The molecule has 5 nitrogen and oxygen atoms in total. The average Bonchev–Trinajstić information content (AvgIpc) is 3.03. The van der Waals surface area contributed by atoms with Crippen LogP contribution >= 0.6 is 0 Å². The van der Waals surface area contributed by atoms with Crippen molar-refractivity contribution >= 4 is 28.4 Å². The summed E-state index contributed by atoms with van der Waals surface area (Å²) in [4.78, 5) is 12.4. The molecular formula is C23H21N3O2. The molecule has 1 amide bonds. The third kappa shape index (κ3) is 3.99. The Labute approximate surface area is 163 Å². The van der Waals surface area contributed by atoms with Gasteiger partial charge in [0.15, 0.2) is 0 Å². The Morgan fingerprint density at radius 1 is 0.929 bits per heavy atom. The number of carbonyl (C=O) groups excluding carboxylic acids is 1. The lowest BCUT2D eigenvalue weighted by Crippen LogP contribution is -2.18. The minimum Gasteiger partial charge on any atom is -0.399 e. The first-order valence-electron chi connectivity index (χ1n) is 9.15. The van der Waals surface area contributed by atoms with Gasteiger partial charge in [-0.1, -0.05) is 48.5 Å². The molecule has 0 bridgehead atoms. The number of anilines is 2. The maximum absolute atomic E-state index is 12.4. The molecule has 1 heterocycles. The number of nitrogens with two attached hydrogens (primary N) is 1. The molecule has 0 aliphatic carbocycles. The molecule has 0 aliphatic heterocycles. The Kier molecular flexibility index (Phi) is 4.97. The van der Waals surface area contributed by atoms with Gasteiger partial charge in [-0.25, -0.2) is 4.79 Å². The molecule has 0 atom stereocenters. The Morgan fingerprint density at radius 3 is 2.39 bits per heavy atom. The second-order valence-electron chi connectivity index (χ2n) is 6.57. The monoisotopic (exact) mass is 371 g/mol. The van der Waals surface area contributed by atoms with Gasteiger partial charge in [0.2, 0.25) is 5.88 Å². The van der Waals surface area contributed by atoms with Crippen molar-refractivity contribution < 1.29 is 9.53 Å². The lowest BCUT2D eigenvalue weighted by Gasteiger charge is -2.12. The zero-order chi connectivity index (χ0) is 19.3. The number of hydrogen-bond acceptors (Lipinski definition) is 3. The van der Waals surface area contributed by atoms with Crippen molar-refractivity contribution in [3.63, 3.8) is 0 Å². The lowest BCUT2D eigenvalue weighted by atomic mass is 10.1. The largest absolute Gasteiger partial charge is 0.418 e. The van der Waals surface area contributed by atoms with Crippen molar-refractivity contribution in [3.8, 4) is 5.88 Å². The van der Waals surface area contributed by atoms with Gasteiger partial charge < -0.3 is 15.0 Å². The fraction of sp³-hybridized carbons (Fsp3) is 0.0870. The van der Waals surface area contributed by atoms with Crippen LogP contribution in [0.5, 0.6) is 5.88 Å². The summed E-state index contributed by atoms with van der Waals surface area (Å²) in [7, 11) is 0. The molecule has 140 valence electrons. The number of hydrogen-bond donors (Lipinski definition) is 2. The van der Waals surface area contributed by atoms with E-state index >= 15 is 0 Å². The van der Waals surface area contributed by atoms with Gasteiger partial charge in [0.05, 0.1) is 5.52 Å². The Bertz CT molecular complexity index is 1090. The van der Waals surface area contributed by atoms with Crippen LogP contribution in [0.3, 0.4) is 0 Å². The number of carbonyl (C=O) groups is 1. The number of rotatable bonds is 5. The summed E-state index contributed by atoms with van der Waals surface area (Å²) in [6.45, 7) is 0.686. The molecule has 5 heteroatoms. The summed E-state index contributed by atoms with van der Waals surface area (Å²) in [5.74, 6) is 0.491. The normalized spacial score (nSPS) is 10.7. The number of para-hydroxylation sites is 1. The molecular weight excluding hydrogens is 350 g/mol. The quantitative estimate of drug-likeness (QED) is 0.481. The number of nitrogens with one attached hydrogen (secondary N) is 1. The average molecular weight is 371 g/mol. The van der Waals surface area contributed by atoms with Gasteiger partial charge >= 0.3 is 6.09 Å². The summed E-state index contributed by atoms with van der Waals surface area (Å²) < 4.78 is 7.64. The molecule has 0 radical (unpaired) electrons. The van der Waals surface area contributed by atoms with E-state index in [0.29, 0.717) is 23.8 Å². The van der Waals surface area contributed by atoms with Crippen LogP contribution in [0, 0.1) is 0 Å². The van der Waals surface area contributed by atoms with E-state index in [4.69, 9.17) is 10.5 Å². The predicted octanol–water partition coefficient (Wildman–Crippen LogP) is 5.08. The maximum Gasteiger partial charge on any atom is 0.418 e. The summed E-state index contributed by atoms with van der Waals surface area (Å²) in [6, 6.07) is 27.0. The standard InChI is InChI=1S/C23H21N3O2/c24-19-11-12-21-18(15-19)16-22(26(21)14-13-17-7-3-1-4-8-17)28-23(27)25-20-9-5-2-6-10-20/h1-12,15-16H,13-14,24H2,(H,25,27). The smallest absolute Gasteiger partial charge is 0.399 e. The van der Waals surface area contributed by atoms with Gasteiger partial charge in [-0.15, -0.1) is 0 Å². The third-order valence-corrected chi connectivity index (χ3v) is 4.57. The number of nitrogens with zero attached hydrogens (tertiary/aromatic N) is 1. The molecule has 0 unspecified atom stereocenters. The maximum atomic E-state index is 12.4. The summed E-state index contributed by atoms with van der Waals surface area (Å²) in [5, 5.41) is 3.69. The molecule has 0 aliphatic rings. The van der Waals surface area contributed by atoms with Gasteiger partial charge in [0.1, 0.15) is 0 Å². The Morgan fingerprint density at radius 2 is 1.64 bits per heavy atom. The van der Waals surface area contributed by atoms with Crippen LogP contribution in [0.2, 0.25) is 0 Å². The summed E-state index contributed by atoms with van der Waals surface area (Å²) in [6.07, 6.45) is 0.300. The summed E-state index contributed by atoms with van der Waals surface area (Å²) >= 11 is 0. The van der Waals surface area contributed by atoms with Gasteiger partial charge in [-0.3, -0.25) is 5.32 Å². The molecule has 3 N–H and O–H groups in total. The molecule has 4 rings (SSSR count). The Balaban J connectivity index is 1.59. The van der Waals surface area contributed by atoms with E-state index in [9.17, 15) is 4.79 Å². The van der Waals surface area contributed by atoms with E-state index in [1.807, 2.05) is 77.4 Å². The van der Waals surface area contributed by atoms with E-state index in [-0.39, 0.29) is 0 Å².